The molecule has 17 heavy (non-hydrogen) atoms. The van der Waals surface area contributed by atoms with Gasteiger partial charge in [-0.15, -0.1) is 0 Å². The molecule has 4 nitrogen and oxygen atoms in total. The third kappa shape index (κ3) is 2.85. The van der Waals surface area contributed by atoms with Gasteiger partial charge in [-0.05, 0) is 18.6 Å². The first kappa shape index (κ1) is 11.7. The van der Waals surface area contributed by atoms with Crippen molar-refractivity contribution in [1.82, 2.24) is 10.2 Å². The molecule has 0 fully saturated rings. The number of aromatic nitrogens is 2. The number of aryl methyl sites for hydroxylation is 1. The summed E-state index contributed by atoms with van der Waals surface area (Å²) in [6.07, 6.45) is 1.91. The fraction of sp³-hybridized carbons (Fsp3) is 0.167. The van der Waals surface area contributed by atoms with Crippen molar-refractivity contribution < 1.29 is 4.79 Å². The molecule has 0 unspecified atom stereocenters. The van der Waals surface area contributed by atoms with Gasteiger partial charge in [0, 0.05) is 10.6 Å². The fourth-order valence-corrected chi connectivity index (χ4v) is 1.67. The van der Waals surface area contributed by atoms with Crippen LogP contribution >= 0.6 is 11.6 Å². The van der Waals surface area contributed by atoms with Crippen molar-refractivity contribution in [2.24, 2.45) is 0 Å². The summed E-state index contributed by atoms with van der Waals surface area (Å²) in [7, 11) is 0. The molecular weight excluding hydrogens is 238 g/mol. The largest absolute Gasteiger partial charge is 0.311 e. The van der Waals surface area contributed by atoms with Crippen molar-refractivity contribution in [3.63, 3.8) is 0 Å². The van der Waals surface area contributed by atoms with Crippen molar-refractivity contribution in [2.45, 2.75) is 13.3 Å². The van der Waals surface area contributed by atoms with Gasteiger partial charge in [-0.1, -0.05) is 29.8 Å². The third-order valence-corrected chi connectivity index (χ3v) is 2.77. The molecule has 0 spiro atoms. The summed E-state index contributed by atoms with van der Waals surface area (Å²) in [6, 6.07) is 7.30. The number of hydrogen-bond acceptors (Lipinski definition) is 2. The fourth-order valence-electron chi connectivity index (χ4n) is 1.47. The maximum absolute atomic E-state index is 11.8. The highest BCUT2D eigenvalue weighted by atomic mass is 35.5. The minimum Gasteiger partial charge on any atom is -0.311 e. The van der Waals surface area contributed by atoms with Gasteiger partial charge in [0.05, 0.1) is 12.6 Å². The van der Waals surface area contributed by atoms with Crippen molar-refractivity contribution >= 4 is 23.3 Å². The van der Waals surface area contributed by atoms with Crippen molar-refractivity contribution in [3.8, 4) is 0 Å². The van der Waals surface area contributed by atoms with E-state index in [0.29, 0.717) is 10.8 Å². The van der Waals surface area contributed by atoms with Crippen molar-refractivity contribution in [1.29, 1.82) is 0 Å². The molecule has 2 N–H and O–H groups in total. The average Bonchev–Trinajstić information content (AvgIpc) is 2.68. The third-order valence-electron chi connectivity index (χ3n) is 2.40. The highest BCUT2D eigenvalue weighted by molar-refractivity contribution is 6.31. The smallest absolute Gasteiger partial charge is 0.229 e. The molecule has 0 aliphatic heterocycles. The van der Waals surface area contributed by atoms with Gasteiger partial charge < -0.3 is 5.32 Å². The van der Waals surface area contributed by atoms with E-state index in [9.17, 15) is 4.79 Å². The van der Waals surface area contributed by atoms with Crippen LogP contribution in [0.2, 0.25) is 5.02 Å². The Bertz CT molecular complexity index is 536. The first-order valence-electron chi connectivity index (χ1n) is 5.20. The molecule has 0 bridgehead atoms. The molecule has 0 aliphatic rings. The Labute approximate surface area is 104 Å². The van der Waals surface area contributed by atoms with E-state index < -0.39 is 0 Å². The van der Waals surface area contributed by atoms with E-state index >= 15 is 0 Å². The number of H-pyrrole nitrogens is 1. The number of anilines is 1. The Balaban J connectivity index is 2.03. The Kier molecular flexibility index (Phi) is 3.44. The number of carbonyl (C=O) groups is 1. The molecule has 0 atom stereocenters. The Morgan fingerprint density at radius 2 is 2.24 bits per heavy atom. The van der Waals surface area contributed by atoms with Gasteiger partial charge in [0.2, 0.25) is 5.91 Å². The predicted molar refractivity (Wildman–Crippen MR) is 67.1 cm³/mol. The van der Waals surface area contributed by atoms with Gasteiger partial charge in [-0.2, -0.15) is 5.10 Å². The standard InChI is InChI=1S/C12H12ClN3O/c1-8-7-14-16-12(8)15-11(17)6-9-4-2-3-5-10(9)13/h2-5,7H,6H2,1H3,(H2,14,15,16,17). The van der Waals surface area contributed by atoms with Crippen LogP contribution in [-0.2, 0) is 11.2 Å². The normalized spacial score (nSPS) is 10.2. The summed E-state index contributed by atoms with van der Waals surface area (Å²) in [5, 5.41) is 9.91. The average molecular weight is 250 g/mol. The lowest BCUT2D eigenvalue weighted by Gasteiger charge is -2.05. The zero-order valence-corrected chi connectivity index (χ0v) is 10.1. The zero-order valence-electron chi connectivity index (χ0n) is 9.33. The SMILES string of the molecule is Cc1cn[nH]c1NC(=O)Cc1ccccc1Cl. The molecule has 0 aliphatic carbocycles. The molecule has 5 heteroatoms. The van der Waals surface area contributed by atoms with E-state index in [1.165, 1.54) is 0 Å². The lowest BCUT2D eigenvalue weighted by atomic mass is 10.1. The van der Waals surface area contributed by atoms with Crippen LogP contribution in [0.3, 0.4) is 0 Å². The van der Waals surface area contributed by atoms with Crippen molar-refractivity contribution in [2.75, 3.05) is 5.32 Å². The number of benzene rings is 1. The van der Waals surface area contributed by atoms with Crippen LogP contribution in [0.15, 0.2) is 30.5 Å². The molecular formula is C12H12ClN3O. The molecule has 0 radical (unpaired) electrons. The van der Waals surface area contributed by atoms with Crippen LogP contribution in [0, 0.1) is 6.92 Å². The van der Waals surface area contributed by atoms with Crippen LogP contribution in [0.25, 0.3) is 0 Å². The Morgan fingerprint density at radius 1 is 1.47 bits per heavy atom. The lowest BCUT2D eigenvalue weighted by molar-refractivity contribution is -0.115. The van der Waals surface area contributed by atoms with Crippen LogP contribution in [-0.4, -0.2) is 16.1 Å². The number of aromatic amines is 1. The number of amides is 1. The second-order valence-corrected chi connectivity index (χ2v) is 4.15. The van der Waals surface area contributed by atoms with Gasteiger partial charge in [-0.3, -0.25) is 9.89 Å². The number of nitrogens with zero attached hydrogens (tertiary/aromatic N) is 1. The molecule has 0 saturated carbocycles. The van der Waals surface area contributed by atoms with E-state index in [-0.39, 0.29) is 12.3 Å². The van der Waals surface area contributed by atoms with Crippen LogP contribution in [0.4, 0.5) is 5.82 Å². The van der Waals surface area contributed by atoms with E-state index in [1.807, 2.05) is 25.1 Å². The van der Waals surface area contributed by atoms with Gasteiger partial charge in [0.1, 0.15) is 5.82 Å². The van der Waals surface area contributed by atoms with Gasteiger partial charge >= 0.3 is 0 Å². The maximum atomic E-state index is 11.8. The van der Waals surface area contributed by atoms with E-state index in [1.54, 1.807) is 12.3 Å². The van der Waals surface area contributed by atoms with Gasteiger partial charge in [0.25, 0.3) is 0 Å². The second kappa shape index (κ2) is 5.01. The van der Waals surface area contributed by atoms with Crippen LogP contribution < -0.4 is 5.32 Å². The second-order valence-electron chi connectivity index (χ2n) is 3.74. The quantitative estimate of drug-likeness (QED) is 0.878. The molecule has 0 saturated heterocycles. The first-order chi connectivity index (χ1) is 8.16. The molecule has 1 aromatic carbocycles. The summed E-state index contributed by atoms with van der Waals surface area (Å²) in [5.41, 5.74) is 1.71. The summed E-state index contributed by atoms with van der Waals surface area (Å²) in [5.74, 6) is 0.507. The van der Waals surface area contributed by atoms with Crippen molar-refractivity contribution in [3.05, 3.63) is 46.6 Å². The molecule has 1 amide bonds. The summed E-state index contributed by atoms with van der Waals surface area (Å²) in [6.45, 7) is 1.87. The zero-order chi connectivity index (χ0) is 12.3. The molecule has 2 aromatic rings. The Hall–Kier alpha value is -1.81. The highest BCUT2D eigenvalue weighted by Crippen LogP contribution is 2.16. The Morgan fingerprint density at radius 3 is 2.88 bits per heavy atom. The van der Waals surface area contributed by atoms with E-state index in [0.717, 1.165) is 11.1 Å². The number of halogens is 1. The first-order valence-corrected chi connectivity index (χ1v) is 5.58. The maximum Gasteiger partial charge on any atom is 0.229 e. The molecule has 88 valence electrons. The monoisotopic (exact) mass is 249 g/mol. The highest BCUT2D eigenvalue weighted by Gasteiger charge is 2.08. The van der Waals surface area contributed by atoms with Crippen LogP contribution in [0.5, 0.6) is 0 Å². The number of carbonyl (C=O) groups excluding carboxylic acids is 1. The molecule has 1 heterocycles. The number of nitrogens with one attached hydrogen (secondary N) is 2. The minimum absolute atomic E-state index is 0.120. The van der Waals surface area contributed by atoms with Crippen LogP contribution in [0.1, 0.15) is 11.1 Å². The molecule has 2 rings (SSSR count). The van der Waals surface area contributed by atoms with Gasteiger partial charge in [0.15, 0.2) is 0 Å². The predicted octanol–water partition coefficient (Wildman–Crippen LogP) is 2.55. The number of hydrogen-bond donors (Lipinski definition) is 2. The lowest BCUT2D eigenvalue weighted by Crippen LogP contribution is -2.15. The van der Waals surface area contributed by atoms with E-state index in [2.05, 4.69) is 15.5 Å². The topological polar surface area (TPSA) is 57.8 Å². The molecule has 1 aromatic heterocycles. The summed E-state index contributed by atoms with van der Waals surface area (Å²) < 4.78 is 0. The number of rotatable bonds is 3. The van der Waals surface area contributed by atoms with Gasteiger partial charge in [-0.25, -0.2) is 0 Å². The van der Waals surface area contributed by atoms with E-state index in [4.69, 9.17) is 11.6 Å². The summed E-state index contributed by atoms with van der Waals surface area (Å²) >= 11 is 5.98. The summed E-state index contributed by atoms with van der Waals surface area (Å²) in [4.78, 5) is 11.8. The minimum atomic E-state index is -0.120.